The number of fused-ring (bicyclic) bond motifs is 1. The summed E-state index contributed by atoms with van der Waals surface area (Å²) in [5.74, 6) is 1.22. The van der Waals surface area contributed by atoms with E-state index in [1.165, 1.54) is 31.2 Å². The number of hydrogen-bond acceptors (Lipinski definition) is 3. The summed E-state index contributed by atoms with van der Waals surface area (Å²) in [4.78, 5) is 4.01. The highest BCUT2D eigenvalue weighted by atomic mass is 16.5. The quantitative estimate of drug-likeness (QED) is 0.718. The van der Waals surface area contributed by atoms with Gasteiger partial charge in [0, 0.05) is 43.4 Å². The topological polar surface area (TPSA) is 39.4 Å². The Morgan fingerprint density at radius 3 is 2.88 bits per heavy atom. The number of hydrogen-bond donors (Lipinski definition) is 0. The molecule has 3 heterocycles. The lowest BCUT2D eigenvalue weighted by Gasteiger charge is -2.27. The summed E-state index contributed by atoms with van der Waals surface area (Å²) >= 11 is 0. The van der Waals surface area contributed by atoms with Crippen LogP contribution in [0, 0.1) is 5.92 Å². The molecule has 1 fully saturated rings. The van der Waals surface area contributed by atoms with Gasteiger partial charge in [-0.2, -0.15) is 5.10 Å². The van der Waals surface area contributed by atoms with Crippen LogP contribution in [0.1, 0.15) is 39.9 Å². The largest absolute Gasteiger partial charge is 0.384 e. The molecule has 0 amide bonds. The minimum atomic E-state index is 0.00712. The third kappa shape index (κ3) is 2.94. The van der Waals surface area contributed by atoms with E-state index in [1.54, 1.807) is 19.4 Å². The van der Waals surface area contributed by atoms with Crippen molar-refractivity contribution in [3.8, 4) is 11.1 Å². The average Bonchev–Trinajstić information content (AvgIpc) is 3.08. The summed E-state index contributed by atoms with van der Waals surface area (Å²) in [7, 11) is 1.78. The van der Waals surface area contributed by atoms with Crippen LogP contribution in [-0.4, -0.2) is 28.3 Å². The Labute approximate surface area is 145 Å². The lowest BCUT2D eigenvalue weighted by atomic mass is 9.79. The predicted molar refractivity (Wildman–Crippen MR) is 95.0 cm³/mol. The Morgan fingerprint density at radius 2 is 2.08 bits per heavy atom. The van der Waals surface area contributed by atoms with Crippen molar-refractivity contribution in [2.24, 2.45) is 5.92 Å². The molecule has 0 N–H and O–H groups in total. The monoisotopic (exact) mass is 323 g/mol. The van der Waals surface area contributed by atoms with E-state index in [9.17, 15) is 0 Å². The van der Waals surface area contributed by atoms with Gasteiger partial charge < -0.3 is 4.74 Å². The van der Waals surface area contributed by atoms with Crippen molar-refractivity contribution in [2.75, 3.05) is 13.7 Å². The molecule has 0 aromatic carbocycles. The van der Waals surface area contributed by atoms with Crippen LogP contribution in [-0.2, 0) is 4.74 Å². The van der Waals surface area contributed by atoms with Gasteiger partial charge in [0.2, 0.25) is 0 Å². The lowest BCUT2D eigenvalue weighted by Crippen LogP contribution is -2.17. The third-order valence-corrected chi connectivity index (χ3v) is 5.13. The Morgan fingerprint density at radius 1 is 1.21 bits per heavy atom. The van der Waals surface area contributed by atoms with E-state index in [1.807, 2.05) is 23.0 Å². The molecule has 3 aromatic rings. The summed E-state index contributed by atoms with van der Waals surface area (Å²) in [5.41, 5.74) is 4.30. The van der Waals surface area contributed by atoms with E-state index >= 15 is 0 Å². The molecule has 0 bridgehead atoms. The van der Waals surface area contributed by atoms with Gasteiger partial charge in [-0.05, 0) is 61.3 Å². The van der Waals surface area contributed by atoms with E-state index in [2.05, 4.69) is 16.1 Å². The maximum absolute atomic E-state index is 7.82. The first-order valence-corrected chi connectivity index (χ1v) is 8.55. The standard InChI is InChI=1S/C20H23N3O/c1-24-14-15-4-6-16(7-5-15)19-13-22-23-10-8-17(11-20(19)23)18-3-2-9-21-12-18/h2-3,8-13,15-16H,4-7,14H2,1H3/i2D,9D. The summed E-state index contributed by atoms with van der Waals surface area (Å²) < 4.78 is 22.6. The van der Waals surface area contributed by atoms with Crippen molar-refractivity contribution >= 4 is 5.52 Å². The molecule has 1 aliphatic carbocycles. The van der Waals surface area contributed by atoms with Gasteiger partial charge in [0.1, 0.15) is 0 Å². The van der Waals surface area contributed by atoms with Crippen molar-refractivity contribution in [3.05, 3.63) is 54.6 Å². The van der Waals surface area contributed by atoms with Crippen molar-refractivity contribution < 1.29 is 7.48 Å². The van der Waals surface area contributed by atoms with E-state index in [0.717, 1.165) is 23.3 Å². The first-order chi connectivity index (χ1) is 12.7. The van der Waals surface area contributed by atoms with Crippen molar-refractivity contribution in [1.29, 1.82) is 0 Å². The molecule has 0 saturated heterocycles. The van der Waals surface area contributed by atoms with E-state index < -0.39 is 0 Å². The van der Waals surface area contributed by atoms with Crippen molar-refractivity contribution in [3.63, 3.8) is 0 Å². The molecular formula is C20H23N3O. The zero-order valence-electron chi connectivity index (χ0n) is 15.9. The fourth-order valence-electron chi connectivity index (χ4n) is 3.81. The zero-order valence-corrected chi connectivity index (χ0v) is 13.9. The van der Waals surface area contributed by atoms with E-state index in [4.69, 9.17) is 7.48 Å². The second kappa shape index (κ2) is 6.73. The zero-order chi connectivity index (χ0) is 18.1. The van der Waals surface area contributed by atoms with Crippen LogP contribution in [0.2, 0.25) is 0 Å². The number of pyridine rings is 2. The summed E-state index contributed by atoms with van der Waals surface area (Å²) in [6, 6.07) is 5.96. The van der Waals surface area contributed by atoms with E-state index in [0.29, 0.717) is 11.8 Å². The number of rotatable bonds is 4. The van der Waals surface area contributed by atoms with Gasteiger partial charge in [-0.3, -0.25) is 4.98 Å². The highest BCUT2D eigenvalue weighted by molar-refractivity contribution is 5.70. The molecule has 0 spiro atoms. The van der Waals surface area contributed by atoms with E-state index in [-0.39, 0.29) is 12.2 Å². The van der Waals surface area contributed by atoms with Crippen LogP contribution in [0.4, 0.5) is 0 Å². The third-order valence-electron chi connectivity index (χ3n) is 5.13. The van der Waals surface area contributed by atoms with Gasteiger partial charge in [0.25, 0.3) is 0 Å². The molecule has 4 heteroatoms. The van der Waals surface area contributed by atoms with Crippen molar-refractivity contribution in [1.82, 2.24) is 14.6 Å². The van der Waals surface area contributed by atoms with Gasteiger partial charge in [-0.25, -0.2) is 4.52 Å². The number of ether oxygens (including phenoxy) is 1. The summed E-state index contributed by atoms with van der Waals surface area (Å²) in [6.07, 6.45) is 10.4. The number of nitrogens with zero attached hydrogens (tertiary/aromatic N) is 3. The molecule has 1 aliphatic rings. The smallest absolute Gasteiger partial charge is 0.0840 e. The molecule has 4 rings (SSSR count). The normalized spacial score (nSPS) is 22.4. The number of methoxy groups -OCH3 is 1. The van der Waals surface area contributed by atoms with Gasteiger partial charge in [0.05, 0.1) is 14.5 Å². The first-order valence-electron chi connectivity index (χ1n) is 9.55. The van der Waals surface area contributed by atoms with Crippen LogP contribution in [0.5, 0.6) is 0 Å². The van der Waals surface area contributed by atoms with Gasteiger partial charge >= 0.3 is 0 Å². The maximum atomic E-state index is 7.82. The molecule has 0 aliphatic heterocycles. The van der Waals surface area contributed by atoms with Crippen molar-refractivity contribution in [2.45, 2.75) is 31.6 Å². The molecule has 1 saturated carbocycles. The second-order valence-electron chi connectivity index (χ2n) is 6.63. The van der Waals surface area contributed by atoms with Gasteiger partial charge in [0.15, 0.2) is 0 Å². The fraction of sp³-hybridized carbons (Fsp3) is 0.400. The Kier molecular flexibility index (Phi) is 3.68. The van der Waals surface area contributed by atoms with Crippen LogP contribution in [0.25, 0.3) is 16.6 Å². The van der Waals surface area contributed by atoms with Gasteiger partial charge in [-0.1, -0.05) is 6.07 Å². The van der Waals surface area contributed by atoms with Crippen LogP contribution in [0.15, 0.2) is 49.0 Å². The molecule has 0 unspecified atom stereocenters. The predicted octanol–water partition coefficient (Wildman–Crippen LogP) is 4.32. The fourth-order valence-corrected chi connectivity index (χ4v) is 3.81. The molecule has 24 heavy (non-hydrogen) atoms. The Hall–Kier alpha value is -2.20. The average molecular weight is 323 g/mol. The maximum Gasteiger partial charge on any atom is 0.0840 e. The summed E-state index contributed by atoms with van der Waals surface area (Å²) in [5, 5.41) is 4.52. The molecule has 0 radical (unpaired) electrons. The second-order valence-corrected chi connectivity index (χ2v) is 6.63. The van der Waals surface area contributed by atoms with Crippen LogP contribution >= 0.6 is 0 Å². The van der Waals surface area contributed by atoms with Gasteiger partial charge in [-0.15, -0.1) is 0 Å². The van der Waals surface area contributed by atoms with Crippen LogP contribution < -0.4 is 0 Å². The minimum Gasteiger partial charge on any atom is -0.384 e. The molecule has 4 nitrogen and oxygen atoms in total. The lowest BCUT2D eigenvalue weighted by molar-refractivity contribution is 0.127. The summed E-state index contributed by atoms with van der Waals surface area (Å²) in [6.45, 7) is 0.861. The number of aromatic nitrogens is 3. The Bertz CT molecular complexity index is 917. The minimum absolute atomic E-state index is 0.00712. The molecule has 0 atom stereocenters. The molecular weight excluding hydrogens is 298 g/mol. The van der Waals surface area contributed by atoms with Crippen LogP contribution in [0.3, 0.4) is 0 Å². The Balaban J connectivity index is 1.64. The highest BCUT2D eigenvalue weighted by Crippen LogP contribution is 2.38. The first kappa shape index (κ1) is 13.1. The SMILES string of the molecule is [2H]c1cc(-c2ccn3ncc(C4CCC(COC)CC4)c3c2)cnc1[2H]. The highest BCUT2D eigenvalue weighted by Gasteiger charge is 2.24. The molecule has 124 valence electrons. The molecule has 3 aromatic heterocycles.